The van der Waals surface area contributed by atoms with Gasteiger partial charge in [0.25, 0.3) is 0 Å². The molecule has 0 aromatic heterocycles. The van der Waals surface area contributed by atoms with Crippen molar-refractivity contribution < 1.29 is 20.1 Å². The lowest BCUT2D eigenvalue weighted by molar-refractivity contribution is 0.0482. The minimum Gasteiger partial charge on any atom is -0.504 e. The van der Waals surface area contributed by atoms with Gasteiger partial charge in [0.15, 0.2) is 11.5 Å². The molecule has 0 aliphatic heterocycles. The van der Waals surface area contributed by atoms with Gasteiger partial charge in [-0.05, 0) is 17.7 Å². The van der Waals surface area contributed by atoms with Crippen LogP contribution >= 0.6 is 0 Å². The summed E-state index contributed by atoms with van der Waals surface area (Å²) in [6.07, 6.45) is -0.466. The molecule has 0 radical (unpaired) electrons. The number of aliphatic hydroxyl groups is 1. The van der Waals surface area contributed by atoms with E-state index < -0.39 is 6.10 Å². The third kappa shape index (κ3) is 2.11. The van der Waals surface area contributed by atoms with Gasteiger partial charge in [0, 0.05) is 7.11 Å². The quantitative estimate of drug-likeness (QED) is 0.607. The largest absolute Gasteiger partial charge is 0.504 e. The molecule has 0 fully saturated rings. The highest BCUT2D eigenvalue weighted by atomic mass is 16.5. The average Bonchev–Trinajstić information content (AvgIpc) is 2.13. The first-order valence-corrected chi connectivity index (χ1v) is 3.84. The van der Waals surface area contributed by atoms with Crippen LogP contribution in [0.2, 0.25) is 0 Å². The molecule has 1 aromatic rings. The van der Waals surface area contributed by atoms with Gasteiger partial charge in [0.1, 0.15) is 6.10 Å². The fourth-order valence-electron chi connectivity index (χ4n) is 1.06. The molecule has 1 aromatic carbocycles. The van der Waals surface area contributed by atoms with Crippen molar-refractivity contribution in [1.29, 1.82) is 0 Å². The van der Waals surface area contributed by atoms with E-state index in [2.05, 4.69) is 0 Å². The van der Waals surface area contributed by atoms with Crippen LogP contribution in [0.1, 0.15) is 11.7 Å². The zero-order valence-corrected chi connectivity index (χ0v) is 7.27. The zero-order valence-electron chi connectivity index (χ0n) is 7.27. The van der Waals surface area contributed by atoms with Crippen LogP contribution in [-0.4, -0.2) is 29.0 Å². The summed E-state index contributed by atoms with van der Waals surface area (Å²) < 4.78 is 4.94. The Balaban J connectivity index is 2.95. The van der Waals surface area contributed by atoms with Crippen molar-refractivity contribution in [2.45, 2.75) is 6.10 Å². The molecule has 13 heavy (non-hydrogen) atoms. The first-order valence-electron chi connectivity index (χ1n) is 3.84. The zero-order chi connectivity index (χ0) is 9.84. The second-order valence-corrected chi connectivity index (χ2v) is 2.66. The monoisotopic (exact) mass is 184 g/mol. The Hall–Kier alpha value is -1.26. The van der Waals surface area contributed by atoms with Crippen LogP contribution < -0.4 is 0 Å². The predicted octanol–water partition coefficient (Wildman–Crippen LogP) is 0.778. The van der Waals surface area contributed by atoms with E-state index in [0.29, 0.717) is 5.56 Å². The lowest BCUT2D eigenvalue weighted by Crippen LogP contribution is -2.05. The van der Waals surface area contributed by atoms with Gasteiger partial charge in [0.2, 0.25) is 0 Å². The van der Waals surface area contributed by atoms with E-state index in [4.69, 9.17) is 20.1 Å². The van der Waals surface area contributed by atoms with E-state index in [0.717, 1.165) is 0 Å². The number of hydrogen-bond acceptors (Lipinski definition) is 4. The highest BCUT2D eigenvalue weighted by molar-refractivity contribution is 5.41. The SMILES string of the molecule is CO[C@@H](CO)c1ccc(O)c(O)c1. The summed E-state index contributed by atoms with van der Waals surface area (Å²) in [6, 6.07) is 4.30. The van der Waals surface area contributed by atoms with Crippen LogP contribution in [-0.2, 0) is 4.74 Å². The van der Waals surface area contributed by atoms with Gasteiger partial charge >= 0.3 is 0 Å². The van der Waals surface area contributed by atoms with Crippen LogP contribution in [0.3, 0.4) is 0 Å². The third-order valence-corrected chi connectivity index (χ3v) is 1.82. The van der Waals surface area contributed by atoms with Crippen LogP contribution in [0.4, 0.5) is 0 Å². The summed E-state index contributed by atoms with van der Waals surface area (Å²) in [6.45, 7) is -0.166. The van der Waals surface area contributed by atoms with Crippen molar-refractivity contribution in [2.24, 2.45) is 0 Å². The Morgan fingerprint density at radius 2 is 2.00 bits per heavy atom. The molecular formula is C9H12O4. The fourth-order valence-corrected chi connectivity index (χ4v) is 1.06. The van der Waals surface area contributed by atoms with Gasteiger partial charge in [-0.1, -0.05) is 6.07 Å². The molecule has 72 valence electrons. The maximum absolute atomic E-state index is 9.15. The molecule has 0 saturated carbocycles. The van der Waals surface area contributed by atoms with Crippen molar-refractivity contribution >= 4 is 0 Å². The molecule has 0 aliphatic carbocycles. The Morgan fingerprint density at radius 1 is 1.31 bits per heavy atom. The minimum absolute atomic E-state index is 0.166. The summed E-state index contributed by atoms with van der Waals surface area (Å²) in [7, 11) is 1.46. The number of phenols is 2. The van der Waals surface area contributed by atoms with E-state index in [-0.39, 0.29) is 18.1 Å². The summed E-state index contributed by atoms with van der Waals surface area (Å²) in [5.74, 6) is -0.399. The molecule has 0 bridgehead atoms. The number of benzene rings is 1. The number of methoxy groups -OCH3 is 1. The average molecular weight is 184 g/mol. The fraction of sp³-hybridized carbons (Fsp3) is 0.333. The Morgan fingerprint density at radius 3 is 2.46 bits per heavy atom. The van der Waals surface area contributed by atoms with Crippen LogP contribution in [0, 0.1) is 0 Å². The van der Waals surface area contributed by atoms with Crippen LogP contribution in [0.5, 0.6) is 11.5 Å². The minimum atomic E-state index is -0.466. The first-order chi connectivity index (χ1) is 6.19. The second-order valence-electron chi connectivity index (χ2n) is 2.66. The number of phenolic OH excluding ortho intramolecular Hbond substituents is 2. The standard InChI is InChI=1S/C9H12O4/c1-13-9(5-10)6-2-3-7(11)8(12)4-6/h2-4,9-12H,5H2,1H3/t9-/m0/s1. The third-order valence-electron chi connectivity index (χ3n) is 1.82. The Kier molecular flexibility index (Phi) is 3.11. The summed E-state index contributed by atoms with van der Waals surface area (Å²) in [4.78, 5) is 0. The normalized spacial score (nSPS) is 12.8. The first kappa shape index (κ1) is 9.83. The van der Waals surface area contributed by atoms with Crippen molar-refractivity contribution in [1.82, 2.24) is 0 Å². The molecule has 0 spiro atoms. The molecule has 0 amide bonds. The van der Waals surface area contributed by atoms with Gasteiger partial charge in [-0.25, -0.2) is 0 Å². The number of ether oxygens (including phenoxy) is 1. The summed E-state index contributed by atoms with van der Waals surface area (Å²) in [5.41, 5.74) is 0.625. The molecule has 0 unspecified atom stereocenters. The van der Waals surface area contributed by atoms with Crippen LogP contribution in [0.15, 0.2) is 18.2 Å². The number of rotatable bonds is 3. The van der Waals surface area contributed by atoms with E-state index in [1.165, 1.54) is 19.2 Å². The maximum Gasteiger partial charge on any atom is 0.157 e. The molecule has 1 atom stereocenters. The lowest BCUT2D eigenvalue weighted by Gasteiger charge is -2.12. The molecule has 4 nitrogen and oxygen atoms in total. The molecule has 1 rings (SSSR count). The Labute approximate surface area is 76.0 Å². The van der Waals surface area contributed by atoms with Crippen LogP contribution in [0.25, 0.3) is 0 Å². The number of hydrogen-bond donors (Lipinski definition) is 3. The molecule has 3 N–H and O–H groups in total. The van der Waals surface area contributed by atoms with E-state index in [1.54, 1.807) is 6.07 Å². The van der Waals surface area contributed by atoms with Gasteiger partial charge in [-0.3, -0.25) is 0 Å². The molecule has 0 aliphatic rings. The van der Waals surface area contributed by atoms with Crippen molar-refractivity contribution in [3.63, 3.8) is 0 Å². The predicted molar refractivity (Wildman–Crippen MR) is 46.6 cm³/mol. The van der Waals surface area contributed by atoms with E-state index >= 15 is 0 Å². The highest BCUT2D eigenvalue weighted by Gasteiger charge is 2.10. The second kappa shape index (κ2) is 4.11. The molecular weight excluding hydrogens is 172 g/mol. The van der Waals surface area contributed by atoms with E-state index in [9.17, 15) is 0 Å². The maximum atomic E-state index is 9.15. The number of aliphatic hydroxyl groups excluding tert-OH is 1. The topological polar surface area (TPSA) is 69.9 Å². The molecule has 0 heterocycles. The smallest absolute Gasteiger partial charge is 0.157 e. The molecule has 4 heteroatoms. The summed E-state index contributed by atoms with van der Waals surface area (Å²) in [5, 5.41) is 27.0. The lowest BCUT2D eigenvalue weighted by atomic mass is 10.1. The van der Waals surface area contributed by atoms with Gasteiger partial charge in [-0.2, -0.15) is 0 Å². The van der Waals surface area contributed by atoms with E-state index in [1.807, 2.05) is 0 Å². The van der Waals surface area contributed by atoms with Gasteiger partial charge < -0.3 is 20.1 Å². The van der Waals surface area contributed by atoms with Gasteiger partial charge in [0.05, 0.1) is 6.61 Å². The van der Waals surface area contributed by atoms with Gasteiger partial charge in [-0.15, -0.1) is 0 Å². The molecule has 0 saturated heterocycles. The number of aromatic hydroxyl groups is 2. The Bertz CT molecular complexity index is 281. The van der Waals surface area contributed by atoms with Crippen molar-refractivity contribution in [3.8, 4) is 11.5 Å². The van der Waals surface area contributed by atoms with Crippen molar-refractivity contribution in [2.75, 3.05) is 13.7 Å². The van der Waals surface area contributed by atoms with Crippen molar-refractivity contribution in [3.05, 3.63) is 23.8 Å². The summed E-state index contributed by atoms with van der Waals surface area (Å²) >= 11 is 0. The highest BCUT2D eigenvalue weighted by Crippen LogP contribution is 2.28.